The number of rotatable bonds is 14. The molecule has 0 aromatic carbocycles. The SMILES string of the molecule is CCCCCC1OC(C)(C)OC1CCCCCCCCCC1OC(C)(C)O1. The number of hydrogen-bond donors (Lipinski definition) is 0. The molecule has 0 amide bonds. The molecule has 2 aliphatic heterocycles. The van der Waals surface area contributed by atoms with Crippen molar-refractivity contribution >= 4 is 0 Å². The second-order valence-corrected chi connectivity index (χ2v) is 9.33. The maximum absolute atomic E-state index is 6.16. The average molecular weight is 385 g/mol. The van der Waals surface area contributed by atoms with Gasteiger partial charge in [0.2, 0.25) is 0 Å². The van der Waals surface area contributed by atoms with Gasteiger partial charge in [-0.15, -0.1) is 0 Å². The standard InChI is InChI=1S/C23H44O4/c1-6-7-13-16-19-20(25-22(2,3)24-19)17-14-11-9-8-10-12-15-18-21-26-23(4,5)27-21/h19-21H,6-18H2,1-5H3. The molecule has 0 N–H and O–H groups in total. The molecule has 160 valence electrons. The van der Waals surface area contributed by atoms with Gasteiger partial charge in [-0.25, -0.2) is 0 Å². The van der Waals surface area contributed by atoms with Gasteiger partial charge >= 0.3 is 0 Å². The molecule has 0 aliphatic carbocycles. The molecule has 0 bridgehead atoms. The van der Waals surface area contributed by atoms with Crippen LogP contribution in [0.5, 0.6) is 0 Å². The minimum absolute atomic E-state index is 0.0446. The maximum Gasteiger partial charge on any atom is 0.169 e. The largest absolute Gasteiger partial charge is 0.345 e. The molecule has 4 heteroatoms. The molecule has 0 spiro atoms. The van der Waals surface area contributed by atoms with E-state index >= 15 is 0 Å². The van der Waals surface area contributed by atoms with Crippen molar-refractivity contribution in [2.45, 2.75) is 148 Å². The van der Waals surface area contributed by atoms with Crippen LogP contribution in [0.3, 0.4) is 0 Å². The summed E-state index contributed by atoms with van der Waals surface area (Å²) in [6, 6.07) is 0. The Labute approximate surface area is 167 Å². The molecule has 27 heavy (non-hydrogen) atoms. The molecule has 0 aromatic heterocycles. The highest BCUT2D eigenvalue weighted by atomic mass is 16.9. The highest BCUT2D eigenvalue weighted by Crippen LogP contribution is 2.34. The van der Waals surface area contributed by atoms with E-state index in [0.29, 0.717) is 12.2 Å². The van der Waals surface area contributed by atoms with Crippen LogP contribution in [0.15, 0.2) is 0 Å². The summed E-state index contributed by atoms with van der Waals surface area (Å²) >= 11 is 0. The third kappa shape index (κ3) is 8.81. The van der Waals surface area contributed by atoms with Crippen LogP contribution in [-0.2, 0) is 18.9 Å². The van der Waals surface area contributed by atoms with Crippen molar-refractivity contribution < 1.29 is 18.9 Å². The van der Waals surface area contributed by atoms with Crippen molar-refractivity contribution in [2.24, 2.45) is 0 Å². The van der Waals surface area contributed by atoms with Gasteiger partial charge in [-0.2, -0.15) is 0 Å². The first-order chi connectivity index (χ1) is 12.8. The molecular formula is C23H44O4. The third-order valence-electron chi connectivity index (χ3n) is 5.64. The van der Waals surface area contributed by atoms with Crippen LogP contribution in [0.25, 0.3) is 0 Å². The summed E-state index contributed by atoms with van der Waals surface area (Å²) in [6.07, 6.45) is 16.8. The first-order valence-corrected chi connectivity index (χ1v) is 11.5. The van der Waals surface area contributed by atoms with E-state index in [2.05, 4.69) is 20.8 Å². The molecule has 2 heterocycles. The monoisotopic (exact) mass is 384 g/mol. The third-order valence-corrected chi connectivity index (χ3v) is 5.64. The van der Waals surface area contributed by atoms with E-state index in [4.69, 9.17) is 18.9 Å². The molecule has 0 saturated carbocycles. The van der Waals surface area contributed by atoms with E-state index in [9.17, 15) is 0 Å². The molecule has 0 radical (unpaired) electrons. The van der Waals surface area contributed by atoms with Crippen molar-refractivity contribution in [3.05, 3.63) is 0 Å². The zero-order valence-corrected chi connectivity index (χ0v) is 18.6. The Bertz CT molecular complexity index is 399. The Balaban J connectivity index is 1.44. The molecule has 2 aliphatic rings. The van der Waals surface area contributed by atoms with Crippen molar-refractivity contribution in [1.29, 1.82) is 0 Å². The molecular weight excluding hydrogens is 340 g/mol. The van der Waals surface area contributed by atoms with Crippen molar-refractivity contribution in [2.75, 3.05) is 0 Å². The Morgan fingerprint density at radius 3 is 1.41 bits per heavy atom. The molecule has 2 unspecified atom stereocenters. The number of ether oxygens (including phenoxy) is 4. The Morgan fingerprint density at radius 1 is 0.519 bits per heavy atom. The van der Waals surface area contributed by atoms with E-state index in [-0.39, 0.29) is 12.1 Å². The van der Waals surface area contributed by atoms with Crippen LogP contribution < -0.4 is 0 Å². The van der Waals surface area contributed by atoms with Gasteiger partial charge in [0.05, 0.1) is 12.2 Å². The van der Waals surface area contributed by atoms with Crippen LogP contribution in [0, 0.1) is 0 Å². The summed E-state index contributed by atoms with van der Waals surface area (Å²) in [5, 5.41) is 0. The van der Waals surface area contributed by atoms with Gasteiger partial charge in [-0.1, -0.05) is 64.7 Å². The van der Waals surface area contributed by atoms with E-state index in [1.165, 1.54) is 64.2 Å². The number of unbranched alkanes of at least 4 members (excludes halogenated alkanes) is 8. The van der Waals surface area contributed by atoms with Gasteiger partial charge in [0.15, 0.2) is 17.9 Å². The summed E-state index contributed by atoms with van der Waals surface area (Å²) in [7, 11) is 0. The maximum atomic E-state index is 6.16. The van der Waals surface area contributed by atoms with Crippen LogP contribution in [0.4, 0.5) is 0 Å². The Morgan fingerprint density at radius 2 is 0.926 bits per heavy atom. The fourth-order valence-corrected chi connectivity index (χ4v) is 4.29. The minimum Gasteiger partial charge on any atom is -0.345 e. The van der Waals surface area contributed by atoms with Gasteiger partial charge in [-0.05, 0) is 53.4 Å². The quantitative estimate of drug-likeness (QED) is 0.312. The van der Waals surface area contributed by atoms with Crippen molar-refractivity contribution in [3.8, 4) is 0 Å². The summed E-state index contributed by atoms with van der Waals surface area (Å²) in [5.74, 6) is -0.742. The second-order valence-electron chi connectivity index (χ2n) is 9.33. The van der Waals surface area contributed by atoms with E-state index in [0.717, 1.165) is 19.3 Å². The van der Waals surface area contributed by atoms with Crippen molar-refractivity contribution in [3.63, 3.8) is 0 Å². The van der Waals surface area contributed by atoms with Crippen LogP contribution in [-0.4, -0.2) is 30.1 Å². The molecule has 2 rings (SSSR count). The average Bonchev–Trinajstić information content (AvgIpc) is 2.85. The lowest BCUT2D eigenvalue weighted by Crippen LogP contribution is -2.48. The lowest BCUT2D eigenvalue weighted by atomic mass is 10.00. The first-order valence-electron chi connectivity index (χ1n) is 11.5. The zero-order chi connectivity index (χ0) is 19.8. The van der Waals surface area contributed by atoms with Crippen molar-refractivity contribution in [1.82, 2.24) is 0 Å². The summed E-state index contributed by atoms with van der Waals surface area (Å²) in [4.78, 5) is 0. The molecule has 2 fully saturated rings. The predicted octanol–water partition coefficient (Wildman–Crippen LogP) is 6.71. The second kappa shape index (κ2) is 11.1. The van der Waals surface area contributed by atoms with E-state index < -0.39 is 5.79 Å². The minimum atomic E-state index is -0.398. The van der Waals surface area contributed by atoms with Gasteiger partial charge in [0, 0.05) is 0 Å². The van der Waals surface area contributed by atoms with Gasteiger partial charge < -0.3 is 18.9 Å². The molecule has 4 nitrogen and oxygen atoms in total. The summed E-state index contributed by atoms with van der Waals surface area (Å²) < 4.78 is 23.6. The Kier molecular flexibility index (Phi) is 9.54. The van der Waals surface area contributed by atoms with E-state index in [1.807, 2.05) is 13.8 Å². The van der Waals surface area contributed by atoms with E-state index in [1.54, 1.807) is 0 Å². The molecule has 2 saturated heterocycles. The zero-order valence-electron chi connectivity index (χ0n) is 18.6. The van der Waals surface area contributed by atoms with Crippen LogP contribution in [0.1, 0.15) is 118 Å². The number of hydrogen-bond acceptors (Lipinski definition) is 4. The molecule has 2 atom stereocenters. The smallest absolute Gasteiger partial charge is 0.169 e. The molecule has 0 aromatic rings. The predicted molar refractivity (Wildman–Crippen MR) is 110 cm³/mol. The van der Waals surface area contributed by atoms with Crippen LogP contribution in [0.2, 0.25) is 0 Å². The highest BCUT2D eigenvalue weighted by molar-refractivity contribution is 4.81. The summed E-state index contributed by atoms with van der Waals surface area (Å²) in [6.45, 7) is 10.3. The first kappa shape index (κ1) is 23.1. The topological polar surface area (TPSA) is 36.9 Å². The fourth-order valence-electron chi connectivity index (χ4n) is 4.29. The fraction of sp³-hybridized carbons (Fsp3) is 1.00. The van der Waals surface area contributed by atoms with Gasteiger partial charge in [0.1, 0.15) is 0 Å². The summed E-state index contributed by atoms with van der Waals surface area (Å²) in [5.41, 5.74) is 0. The van der Waals surface area contributed by atoms with Gasteiger partial charge in [0.25, 0.3) is 0 Å². The lowest BCUT2D eigenvalue weighted by Gasteiger charge is -2.42. The van der Waals surface area contributed by atoms with Gasteiger partial charge in [-0.3, -0.25) is 0 Å². The van der Waals surface area contributed by atoms with Crippen LogP contribution >= 0.6 is 0 Å². The Hall–Kier alpha value is -0.160. The lowest BCUT2D eigenvalue weighted by molar-refractivity contribution is -0.437. The normalized spacial score (nSPS) is 27.0. The highest BCUT2D eigenvalue weighted by Gasteiger charge is 2.40.